The summed E-state index contributed by atoms with van der Waals surface area (Å²) in [5.74, 6) is 2.22. The predicted octanol–water partition coefficient (Wildman–Crippen LogP) is 4.79. The van der Waals surface area contributed by atoms with Gasteiger partial charge in [0.15, 0.2) is 11.5 Å². The highest BCUT2D eigenvalue weighted by atomic mass is 16.7. The zero-order valence-corrected chi connectivity index (χ0v) is 24.2. The van der Waals surface area contributed by atoms with Gasteiger partial charge in [0.25, 0.3) is 5.91 Å². The quantitative estimate of drug-likeness (QED) is 0.421. The van der Waals surface area contributed by atoms with Crippen molar-refractivity contribution in [2.45, 2.75) is 58.1 Å². The number of amides is 3. The molecule has 3 atom stereocenters. The standard InChI is InChI=1S/C31H42N4O6/c1-20-15-35(21(2)18-36)30(37)25-13-23(32-31(38)33-24-10-12-27-28(14-24)40-19-39-27)9-11-26(25)41-29(20)17-34(3)16-22-7-5-4-6-8-22/h9-14,20-22,29,36H,4-8,15-19H2,1-3H3,(H2,32,33,38)/t20-,21+,29-/m0/s1. The van der Waals surface area contributed by atoms with Gasteiger partial charge in [0.2, 0.25) is 6.79 Å². The number of hydrogen-bond donors (Lipinski definition) is 3. The molecule has 1 saturated carbocycles. The third kappa shape index (κ3) is 7.05. The van der Waals surface area contributed by atoms with Crippen molar-refractivity contribution in [1.29, 1.82) is 0 Å². The lowest BCUT2D eigenvalue weighted by atomic mass is 9.89. The monoisotopic (exact) mass is 566 g/mol. The second-order valence-electron chi connectivity index (χ2n) is 11.7. The first-order valence-electron chi connectivity index (χ1n) is 14.7. The van der Waals surface area contributed by atoms with Crippen LogP contribution in [-0.2, 0) is 0 Å². The van der Waals surface area contributed by atoms with Gasteiger partial charge in [-0.3, -0.25) is 4.79 Å². The molecule has 3 N–H and O–H groups in total. The number of anilines is 2. The van der Waals surface area contributed by atoms with E-state index in [-0.39, 0.29) is 37.4 Å². The number of benzene rings is 2. The fraction of sp³-hybridized carbons (Fsp3) is 0.548. The molecular formula is C31H42N4O6. The number of rotatable bonds is 8. The summed E-state index contributed by atoms with van der Waals surface area (Å²) in [6.07, 6.45) is 6.37. The van der Waals surface area contributed by atoms with Crippen LogP contribution in [0.25, 0.3) is 0 Å². The van der Waals surface area contributed by atoms with Gasteiger partial charge in [-0.25, -0.2) is 4.79 Å². The number of likely N-dealkylation sites (N-methyl/N-ethyl adjacent to an activating group) is 1. The summed E-state index contributed by atoms with van der Waals surface area (Å²) in [5.41, 5.74) is 1.36. The summed E-state index contributed by atoms with van der Waals surface area (Å²) < 4.78 is 17.2. The van der Waals surface area contributed by atoms with Gasteiger partial charge in [0.05, 0.1) is 18.2 Å². The van der Waals surface area contributed by atoms with Crippen LogP contribution in [0.5, 0.6) is 17.2 Å². The molecule has 1 aliphatic carbocycles. The van der Waals surface area contributed by atoms with E-state index in [1.165, 1.54) is 32.1 Å². The lowest BCUT2D eigenvalue weighted by Gasteiger charge is -2.38. The molecule has 2 aliphatic heterocycles. The minimum absolute atomic E-state index is 0.0557. The first kappa shape index (κ1) is 29.0. The van der Waals surface area contributed by atoms with E-state index in [9.17, 15) is 14.7 Å². The van der Waals surface area contributed by atoms with E-state index in [1.54, 1.807) is 41.3 Å². The summed E-state index contributed by atoms with van der Waals surface area (Å²) >= 11 is 0. The van der Waals surface area contributed by atoms with E-state index in [2.05, 4.69) is 29.5 Å². The number of aliphatic hydroxyl groups excluding tert-OH is 1. The van der Waals surface area contributed by atoms with Gasteiger partial charge in [-0.2, -0.15) is 0 Å². The number of aliphatic hydroxyl groups is 1. The average Bonchev–Trinajstić information content (AvgIpc) is 3.43. The molecule has 2 aromatic carbocycles. The molecule has 1 fully saturated rings. The highest BCUT2D eigenvalue weighted by molar-refractivity contribution is 6.02. The molecule has 0 saturated heterocycles. The minimum Gasteiger partial charge on any atom is -0.488 e. The topological polar surface area (TPSA) is 113 Å². The van der Waals surface area contributed by atoms with E-state index < -0.39 is 6.03 Å². The molecule has 2 heterocycles. The van der Waals surface area contributed by atoms with Crippen LogP contribution in [0.3, 0.4) is 0 Å². The maximum absolute atomic E-state index is 13.7. The van der Waals surface area contributed by atoms with Crippen LogP contribution >= 0.6 is 0 Å². The van der Waals surface area contributed by atoms with E-state index >= 15 is 0 Å². The Kier molecular flexibility index (Phi) is 9.19. The number of carbonyl (C=O) groups is 2. The molecule has 222 valence electrons. The van der Waals surface area contributed by atoms with Crippen molar-refractivity contribution in [3.8, 4) is 17.2 Å². The fourth-order valence-corrected chi connectivity index (χ4v) is 5.98. The Morgan fingerprint density at radius 1 is 1.02 bits per heavy atom. The summed E-state index contributed by atoms with van der Waals surface area (Å²) in [4.78, 5) is 30.6. The van der Waals surface area contributed by atoms with E-state index in [1.807, 2.05) is 6.92 Å². The third-order valence-corrected chi connectivity index (χ3v) is 8.34. The lowest BCUT2D eigenvalue weighted by molar-refractivity contribution is 0.0330. The van der Waals surface area contributed by atoms with Crippen molar-refractivity contribution in [2.75, 3.05) is 50.7 Å². The second-order valence-corrected chi connectivity index (χ2v) is 11.7. The first-order chi connectivity index (χ1) is 19.8. The Morgan fingerprint density at radius 2 is 1.71 bits per heavy atom. The zero-order valence-electron chi connectivity index (χ0n) is 24.2. The van der Waals surface area contributed by atoms with E-state index in [4.69, 9.17) is 14.2 Å². The van der Waals surface area contributed by atoms with Crippen molar-refractivity contribution in [3.05, 3.63) is 42.0 Å². The van der Waals surface area contributed by atoms with Crippen LogP contribution in [0.4, 0.5) is 16.2 Å². The number of ether oxygens (including phenoxy) is 3. The van der Waals surface area contributed by atoms with Gasteiger partial charge in [0.1, 0.15) is 11.9 Å². The molecule has 10 nitrogen and oxygen atoms in total. The summed E-state index contributed by atoms with van der Waals surface area (Å²) in [7, 11) is 2.15. The molecule has 0 bridgehead atoms. The smallest absolute Gasteiger partial charge is 0.323 e. The van der Waals surface area contributed by atoms with Crippen LogP contribution in [-0.4, -0.2) is 79.1 Å². The number of nitrogens with zero attached hydrogens (tertiary/aromatic N) is 2. The molecule has 0 spiro atoms. The summed E-state index contributed by atoms with van der Waals surface area (Å²) in [5, 5.41) is 15.6. The number of carbonyl (C=O) groups excluding carboxylic acids is 2. The van der Waals surface area contributed by atoms with Crippen LogP contribution in [0.1, 0.15) is 56.3 Å². The van der Waals surface area contributed by atoms with Crippen LogP contribution in [0, 0.1) is 11.8 Å². The average molecular weight is 567 g/mol. The Labute approximate surface area is 241 Å². The molecule has 3 aliphatic rings. The Balaban J connectivity index is 1.32. The van der Waals surface area contributed by atoms with Crippen LogP contribution in [0.15, 0.2) is 36.4 Å². The Hall–Kier alpha value is -3.50. The summed E-state index contributed by atoms with van der Waals surface area (Å²) in [6, 6.07) is 9.47. The number of hydrogen-bond acceptors (Lipinski definition) is 7. The van der Waals surface area contributed by atoms with E-state index in [0.29, 0.717) is 40.7 Å². The van der Waals surface area contributed by atoms with Crippen LogP contribution in [0.2, 0.25) is 0 Å². The maximum atomic E-state index is 13.7. The van der Waals surface area contributed by atoms with Gasteiger partial charge in [0, 0.05) is 43.0 Å². The molecule has 2 aromatic rings. The summed E-state index contributed by atoms with van der Waals surface area (Å²) in [6.45, 7) is 6.20. The fourth-order valence-electron chi connectivity index (χ4n) is 5.98. The minimum atomic E-state index is -0.459. The van der Waals surface area contributed by atoms with Gasteiger partial charge >= 0.3 is 6.03 Å². The Morgan fingerprint density at radius 3 is 2.44 bits per heavy atom. The van der Waals surface area contributed by atoms with Crippen molar-refractivity contribution in [3.63, 3.8) is 0 Å². The highest BCUT2D eigenvalue weighted by Gasteiger charge is 2.34. The molecule has 0 aromatic heterocycles. The van der Waals surface area contributed by atoms with Gasteiger partial charge in [-0.05, 0) is 63.1 Å². The molecule has 41 heavy (non-hydrogen) atoms. The number of nitrogens with one attached hydrogen (secondary N) is 2. The van der Waals surface area contributed by atoms with Gasteiger partial charge < -0.3 is 39.8 Å². The maximum Gasteiger partial charge on any atom is 0.323 e. The first-order valence-corrected chi connectivity index (χ1v) is 14.7. The van der Waals surface area contributed by atoms with Gasteiger partial charge in [-0.1, -0.05) is 26.2 Å². The molecule has 3 amide bonds. The zero-order chi connectivity index (χ0) is 28.9. The second kappa shape index (κ2) is 13.0. The van der Waals surface area contributed by atoms with Crippen LogP contribution < -0.4 is 24.8 Å². The van der Waals surface area contributed by atoms with Crippen molar-refractivity contribution in [2.24, 2.45) is 11.8 Å². The number of urea groups is 1. The van der Waals surface area contributed by atoms with Crippen molar-refractivity contribution in [1.82, 2.24) is 9.80 Å². The largest absolute Gasteiger partial charge is 0.488 e. The number of fused-ring (bicyclic) bond motifs is 2. The van der Waals surface area contributed by atoms with E-state index in [0.717, 1.165) is 19.0 Å². The van der Waals surface area contributed by atoms with Gasteiger partial charge in [-0.15, -0.1) is 0 Å². The normalized spacial score (nSPS) is 21.5. The molecule has 10 heteroatoms. The van der Waals surface area contributed by atoms with Crippen molar-refractivity contribution >= 4 is 23.3 Å². The highest BCUT2D eigenvalue weighted by Crippen LogP contribution is 2.35. The molecular weight excluding hydrogens is 524 g/mol. The molecule has 0 unspecified atom stereocenters. The Bertz CT molecular complexity index is 1230. The lowest BCUT2D eigenvalue weighted by Crippen LogP contribution is -2.50. The third-order valence-electron chi connectivity index (χ3n) is 8.34. The predicted molar refractivity (Wildman–Crippen MR) is 157 cm³/mol. The molecule has 5 rings (SSSR count). The SMILES string of the molecule is C[C@H](CO)N1C[C@H](C)[C@H](CN(C)CC2CCCCC2)Oc2ccc(NC(=O)Nc3ccc4c(c3)OCO4)cc2C1=O. The van der Waals surface area contributed by atoms with Crippen molar-refractivity contribution < 1.29 is 28.9 Å². The molecule has 0 radical (unpaired) electrons.